The molecule has 1 aliphatic rings. The van der Waals surface area contributed by atoms with Crippen LogP contribution < -0.4 is 0 Å². The van der Waals surface area contributed by atoms with Gasteiger partial charge in [0, 0.05) is 11.6 Å². The molecule has 2 rings (SSSR count). The van der Waals surface area contributed by atoms with Crippen LogP contribution in [0.15, 0.2) is 24.3 Å². The highest BCUT2D eigenvalue weighted by Crippen LogP contribution is 2.55. The maximum absolute atomic E-state index is 9.05. The lowest BCUT2D eigenvalue weighted by Gasteiger charge is -2.12. The number of aliphatic hydroxyl groups excluding tert-OH is 1. The van der Waals surface area contributed by atoms with Crippen LogP contribution in [0.2, 0.25) is 5.02 Å². The molecule has 70 valence electrons. The molecule has 0 radical (unpaired) electrons. The highest BCUT2D eigenvalue weighted by atomic mass is 35.5. The van der Waals surface area contributed by atoms with E-state index in [2.05, 4.69) is 13.0 Å². The Morgan fingerprint density at radius 3 is 2.77 bits per heavy atom. The second-order valence-electron chi connectivity index (χ2n) is 3.98. The average Bonchev–Trinajstić information content (AvgIpc) is 2.79. The summed E-state index contributed by atoms with van der Waals surface area (Å²) in [4.78, 5) is 0. The van der Waals surface area contributed by atoms with E-state index in [0.29, 0.717) is 5.92 Å². The number of halogens is 1. The molecule has 0 aliphatic heterocycles. The van der Waals surface area contributed by atoms with Gasteiger partial charge in [0.25, 0.3) is 0 Å². The summed E-state index contributed by atoms with van der Waals surface area (Å²) in [5.74, 6) is 0.396. The molecule has 13 heavy (non-hydrogen) atoms. The normalized spacial score (nSPS) is 31.8. The van der Waals surface area contributed by atoms with E-state index in [-0.39, 0.29) is 12.0 Å². The van der Waals surface area contributed by atoms with Gasteiger partial charge in [0.2, 0.25) is 0 Å². The van der Waals surface area contributed by atoms with E-state index in [1.54, 1.807) is 0 Å². The van der Waals surface area contributed by atoms with Crippen LogP contribution in [0, 0.1) is 5.92 Å². The predicted molar refractivity (Wildman–Crippen MR) is 54.0 cm³/mol. The zero-order valence-corrected chi connectivity index (χ0v) is 8.38. The Morgan fingerprint density at radius 2 is 2.23 bits per heavy atom. The number of benzene rings is 1. The molecule has 0 bridgehead atoms. The van der Waals surface area contributed by atoms with Gasteiger partial charge in [0.15, 0.2) is 0 Å². The van der Waals surface area contributed by atoms with Gasteiger partial charge in [0.05, 0.1) is 0 Å². The van der Waals surface area contributed by atoms with Crippen LogP contribution in [0.25, 0.3) is 0 Å². The fourth-order valence-electron chi connectivity index (χ4n) is 1.97. The van der Waals surface area contributed by atoms with Crippen molar-refractivity contribution in [3.63, 3.8) is 0 Å². The van der Waals surface area contributed by atoms with Crippen molar-refractivity contribution >= 4 is 11.6 Å². The molecule has 0 heterocycles. The van der Waals surface area contributed by atoms with Crippen molar-refractivity contribution in [3.05, 3.63) is 34.9 Å². The SMILES string of the molecule is CC1(c2ccccc2Cl)CC1CO. The second kappa shape index (κ2) is 3.00. The van der Waals surface area contributed by atoms with Crippen molar-refractivity contribution in [1.82, 2.24) is 0 Å². The summed E-state index contributed by atoms with van der Waals surface area (Å²) >= 11 is 6.09. The lowest BCUT2D eigenvalue weighted by molar-refractivity contribution is 0.265. The predicted octanol–water partition coefficient (Wildman–Crippen LogP) is 2.61. The van der Waals surface area contributed by atoms with Crippen LogP contribution in [-0.2, 0) is 5.41 Å². The van der Waals surface area contributed by atoms with E-state index in [9.17, 15) is 0 Å². The summed E-state index contributed by atoms with van der Waals surface area (Å²) < 4.78 is 0. The first-order valence-corrected chi connectivity index (χ1v) is 4.92. The highest BCUT2D eigenvalue weighted by Gasteiger charge is 2.51. The van der Waals surface area contributed by atoms with E-state index in [1.165, 1.54) is 5.56 Å². The summed E-state index contributed by atoms with van der Waals surface area (Å²) in [5, 5.41) is 9.87. The minimum atomic E-state index is 0.118. The summed E-state index contributed by atoms with van der Waals surface area (Å²) in [6.07, 6.45) is 1.05. The Morgan fingerprint density at radius 1 is 1.54 bits per heavy atom. The Hall–Kier alpha value is -0.530. The monoisotopic (exact) mass is 196 g/mol. The lowest BCUT2D eigenvalue weighted by Crippen LogP contribution is -2.07. The van der Waals surface area contributed by atoms with E-state index >= 15 is 0 Å². The molecule has 1 nitrogen and oxygen atoms in total. The minimum absolute atomic E-state index is 0.118. The molecule has 0 amide bonds. The number of hydrogen-bond acceptors (Lipinski definition) is 1. The molecule has 1 aromatic rings. The molecule has 0 saturated heterocycles. The zero-order valence-electron chi connectivity index (χ0n) is 7.63. The zero-order chi connectivity index (χ0) is 9.47. The third-order valence-electron chi connectivity index (χ3n) is 3.12. The van der Waals surface area contributed by atoms with Crippen LogP contribution >= 0.6 is 11.6 Å². The van der Waals surface area contributed by atoms with Gasteiger partial charge in [-0.1, -0.05) is 36.7 Å². The molecule has 0 spiro atoms. The van der Waals surface area contributed by atoms with Crippen LogP contribution in [0.3, 0.4) is 0 Å². The first kappa shape index (κ1) is 9.04. The summed E-state index contributed by atoms with van der Waals surface area (Å²) in [5.41, 5.74) is 1.29. The van der Waals surface area contributed by atoms with Crippen LogP contribution in [0.1, 0.15) is 18.9 Å². The van der Waals surface area contributed by atoms with Crippen LogP contribution in [0.5, 0.6) is 0 Å². The molecular formula is C11H13ClO. The fraction of sp³-hybridized carbons (Fsp3) is 0.455. The molecule has 1 aromatic carbocycles. The van der Waals surface area contributed by atoms with Gasteiger partial charge in [-0.05, 0) is 29.4 Å². The maximum atomic E-state index is 9.05. The topological polar surface area (TPSA) is 20.2 Å². The van der Waals surface area contributed by atoms with Crippen LogP contribution in [-0.4, -0.2) is 11.7 Å². The Labute approximate surface area is 83.3 Å². The Kier molecular flexibility index (Phi) is 2.09. The number of rotatable bonds is 2. The van der Waals surface area contributed by atoms with Gasteiger partial charge in [-0.15, -0.1) is 0 Å². The van der Waals surface area contributed by atoms with Crippen molar-refractivity contribution in [1.29, 1.82) is 0 Å². The van der Waals surface area contributed by atoms with E-state index in [0.717, 1.165) is 11.4 Å². The molecule has 0 aromatic heterocycles. The van der Waals surface area contributed by atoms with Gasteiger partial charge in [0.1, 0.15) is 0 Å². The van der Waals surface area contributed by atoms with Gasteiger partial charge in [-0.25, -0.2) is 0 Å². The number of hydrogen-bond donors (Lipinski definition) is 1. The minimum Gasteiger partial charge on any atom is -0.396 e. The summed E-state index contributed by atoms with van der Waals surface area (Å²) in [6, 6.07) is 7.90. The van der Waals surface area contributed by atoms with Crippen molar-refractivity contribution < 1.29 is 5.11 Å². The first-order chi connectivity index (χ1) is 6.18. The Balaban J connectivity index is 2.32. The molecule has 2 heteroatoms. The highest BCUT2D eigenvalue weighted by molar-refractivity contribution is 6.31. The molecule has 2 unspecified atom stereocenters. The largest absolute Gasteiger partial charge is 0.396 e. The molecular weight excluding hydrogens is 184 g/mol. The lowest BCUT2D eigenvalue weighted by atomic mass is 9.96. The second-order valence-corrected chi connectivity index (χ2v) is 4.39. The molecule has 2 atom stereocenters. The average molecular weight is 197 g/mol. The van der Waals surface area contributed by atoms with E-state index < -0.39 is 0 Å². The quantitative estimate of drug-likeness (QED) is 0.771. The van der Waals surface area contributed by atoms with Crippen molar-refractivity contribution in [2.24, 2.45) is 5.92 Å². The van der Waals surface area contributed by atoms with E-state index in [1.807, 2.05) is 18.2 Å². The fourth-order valence-corrected chi connectivity index (χ4v) is 2.32. The molecule has 1 aliphatic carbocycles. The van der Waals surface area contributed by atoms with Gasteiger partial charge in [-0.2, -0.15) is 0 Å². The number of aliphatic hydroxyl groups is 1. The Bertz CT molecular complexity index is 324. The first-order valence-electron chi connectivity index (χ1n) is 4.54. The van der Waals surface area contributed by atoms with Gasteiger partial charge >= 0.3 is 0 Å². The van der Waals surface area contributed by atoms with Gasteiger partial charge < -0.3 is 5.11 Å². The van der Waals surface area contributed by atoms with Crippen molar-refractivity contribution in [2.45, 2.75) is 18.8 Å². The molecule has 1 saturated carbocycles. The maximum Gasteiger partial charge on any atom is 0.0468 e. The van der Waals surface area contributed by atoms with Crippen LogP contribution in [0.4, 0.5) is 0 Å². The summed E-state index contributed by atoms with van der Waals surface area (Å²) in [7, 11) is 0. The third-order valence-corrected chi connectivity index (χ3v) is 3.45. The smallest absolute Gasteiger partial charge is 0.0468 e. The molecule has 1 N–H and O–H groups in total. The van der Waals surface area contributed by atoms with Crippen molar-refractivity contribution in [2.75, 3.05) is 6.61 Å². The summed E-state index contributed by atoms with van der Waals surface area (Å²) in [6.45, 7) is 2.43. The standard InChI is InChI=1S/C11H13ClO/c1-11(6-8(11)7-13)9-4-2-3-5-10(9)12/h2-5,8,13H,6-7H2,1H3. The van der Waals surface area contributed by atoms with Crippen molar-refractivity contribution in [3.8, 4) is 0 Å². The van der Waals surface area contributed by atoms with Gasteiger partial charge in [-0.3, -0.25) is 0 Å². The third kappa shape index (κ3) is 1.36. The van der Waals surface area contributed by atoms with E-state index in [4.69, 9.17) is 16.7 Å². The molecule has 1 fully saturated rings.